The molecule has 102 valence electrons. The molecule has 0 aliphatic carbocycles. The highest BCUT2D eigenvalue weighted by molar-refractivity contribution is 7.91. The van der Waals surface area contributed by atoms with Crippen molar-refractivity contribution in [2.24, 2.45) is 0 Å². The third kappa shape index (κ3) is 2.72. The van der Waals surface area contributed by atoms with E-state index in [1.54, 1.807) is 11.5 Å². The van der Waals surface area contributed by atoms with E-state index in [-0.39, 0.29) is 17.0 Å². The van der Waals surface area contributed by atoms with Gasteiger partial charge in [0, 0.05) is 13.2 Å². The smallest absolute Gasteiger partial charge is 0.249 e. The summed E-state index contributed by atoms with van der Waals surface area (Å²) in [5.74, 6) is 0.631. The van der Waals surface area contributed by atoms with Gasteiger partial charge in [-0.25, -0.2) is 8.42 Å². The van der Waals surface area contributed by atoms with Crippen LogP contribution in [-0.2, 0) is 21.1 Å². The second kappa shape index (κ2) is 5.36. The van der Waals surface area contributed by atoms with Gasteiger partial charge in [-0.05, 0) is 33.1 Å². The molecule has 0 spiro atoms. The molecule has 7 heteroatoms. The van der Waals surface area contributed by atoms with Crippen molar-refractivity contribution in [2.45, 2.75) is 50.9 Å². The molecule has 0 saturated carbocycles. The first-order valence-electron chi connectivity index (χ1n) is 6.28. The van der Waals surface area contributed by atoms with Gasteiger partial charge in [-0.1, -0.05) is 0 Å². The lowest BCUT2D eigenvalue weighted by Crippen LogP contribution is -2.29. The Labute approximate surface area is 107 Å². The van der Waals surface area contributed by atoms with Crippen molar-refractivity contribution in [3.8, 4) is 0 Å². The molecule has 0 bridgehead atoms. The zero-order valence-electron chi connectivity index (χ0n) is 10.8. The van der Waals surface area contributed by atoms with Crippen LogP contribution in [0.15, 0.2) is 5.16 Å². The van der Waals surface area contributed by atoms with Crippen LogP contribution in [0, 0.1) is 6.92 Å². The molecule has 1 aromatic heterocycles. The molecule has 0 aromatic carbocycles. The van der Waals surface area contributed by atoms with Gasteiger partial charge in [-0.3, -0.25) is 0 Å². The van der Waals surface area contributed by atoms with E-state index in [1.165, 1.54) is 0 Å². The summed E-state index contributed by atoms with van der Waals surface area (Å²) in [7, 11) is -3.42. The summed E-state index contributed by atoms with van der Waals surface area (Å²) in [6, 6.07) is 0. The number of sulfone groups is 1. The summed E-state index contributed by atoms with van der Waals surface area (Å²) in [5.41, 5.74) is 0. The van der Waals surface area contributed by atoms with Crippen molar-refractivity contribution in [2.75, 3.05) is 12.4 Å². The molecule has 18 heavy (non-hydrogen) atoms. The van der Waals surface area contributed by atoms with Crippen molar-refractivity contribution in [1.82, 2.24) is 14.8 Å². The number of hydrogen-bond donors (Lipinski definition) is 0. The quantitative estimate of drug-likeness (QED) is 0.816. The van der Waals surface area contributed by atoms with E-state index in [0.717, 1.165) is 19.3 Å². The second-order valence-electron chi connectivity index (χ2n) is 4.54. The fraction of sp³-hybridized carbons (Fsp3) is 0.818. The Kier molecular flexibility index (Phi) is 4.01. The first-order valence-corrected chi connectivity index (χ1v) is 7.94. The summed E-state index contributed by atoms with van der Waals surface area (Å²) in [6.07, 6.45) is 2.64. The molecule has 1 atom stereocenters. The zero-order chi connectivity index (χ0) is 13.2. The number of aryl methyl sites for hydroxylation is 1. The SMILES string of the molecule is CCn1c(C)nnc1S(=O)(=O)C[C@@H]1CCCCO1. The highest BCUT2D eigenvalue weighted by Crippen LogP contribution is 2.18. The molecule has 6 nitrogen and oxygen atoms in total. The number of rotatable bonds is 4. The van der Waals surface area contributed by atoms with Crippen LogP contribution in [0.3, 0.4) is 0 Å². The molecule has 1 aliphatic heterocycles. The summed E-state index contributed by atoms with van der Waals surface area (Å²) < 4.78 is 31.7. The van der Waals surface area contributed by atoms with Crippen LogP contribution in [-0.4, -0.2) is 41.6 Å². The maximum absolute atomic E-state index is 12.3. The molecular weight excluding hydrogens is 254 g/mol. The average molecular weight is 273 g/mol. The second-order valence-corrected chi connectivity index (χ2v) is 6.47. The number of aromatic nitrogens is 3. The third-order valence-electron chi connectivity index (χ3n) is 3.18. The van der Waals surface area contributed by atoms with Gasteiger partial charge in [0.25, 0.3) is 0 Å². The monoisotopic (exact) mass is 273 g/mol. The van der Waals surface area contributed by atoms with Crippen LogP contribution in [0.4, 0.5) is 0 Å². The molecule has 1 aliphatic rings. The van der Waals surface area contributed by atoms with E-state index in [1.807, 2.05) is 6.92 Å². The van der Waals surface area contributed by atoms with Gasteiger partial charge in [0.1, 0.15) is 5.82 Å². The predicted octanol–water partition coefficient (Wildman–Crippen LogP) is 0.949. The lowest BCUT2D eigenvalue weighted by atomic mass is 10.1. The number of ether oxygens (including phenoxy) is 1. The van der Waals surface area contributed by atoms with E-state index >= 15 is 0 Å². The van der Waals surface area contributed by atoms with Gasteiger partial charge in [-0.15, -0.1) is 10.2 Å². The molecule has 0 N–H and O–H groups in total. The Hall–Kier alpha value is -0.950. The molecule has 0 amide bonds. The van der Waals surface area contributed by atoms with E-state index in [4.69, 9.17) is 4.74 Å². The molecular formula is C11H19N3O3S. The summed E-state index contributed by atoms with van der Waals surface area (Å²) >= 11 is 0. The third-order valence-corrected chi connectivity index (χ3v) is 4.84. The van der Waals surface area contributed by atoms with Gasteiger partial charge in [-0.2, -0.15) is 0 Å². The molecule has 1 aromatic rings. The molecule has 1 fully saturated rings. The summed E-state index contributed by atoms with van der Waals surface area (Å²) in [4.78, 5) is 0. The summed E-state index contributed by atoms with van der Waals surface area (Å²) in [5, 5.41) is 7.70. The van der Waals surface area contributed by atoms with Crippen LogP contribution in [0.1, 0.15) is 32.0 Å². The minimum absolute atomic E-state index is 0.00509. The average Bonchev–Trinajstić information content (AvgIpc) is 2.72. The Morgan fingerprint density at radius 2 is 2.17 bits per heavy atom. The topological polar surface area (TPSA) is 74.1 Å². The maximum Gasteiger partial charge on any atom is 0.249 e. The largest absolute Gasteiger partial charge is 0.377 e. The van der Waals surface area contributed by atoms with Gasteiger partial charge in [0.2, 0.25) is 15.0 Å². The van der Waals surface area contributed by atoms with Crippen LogP contribution in [0.5, 0.6) is 0 Å². The molecule has 0 unspecified atom stereocenters. The molecule has 1 saturated heterocycles. The Balaban J connectivity index is 2.19. The van der Waals surface area contributed by atoms with Crippen molar-refractivity contribution in [1.29, 1.82) is 0 Å². The fourth-order valence-corrected chi connectivity index (χ4v) is 3.88. The van der Waals surface area contributed by atoms with Crippen molar-refractivity contribution in [3.63, 3.8) is 0 Å². The zero-order valence-corrected chi connectivity index (χ0v) is 11.6. The first-order chi connectivity index (χ1) is 8.54. The molecule has 0 radical (unpaired) electrons. The predicted molar refractivity (Wildman–Crippen MR) is 66.1 cm³/mol. The van der Waals surface area contributed by atoms with Gasteiger partial charge >= 0.3 is 0 Å². The minimum Gasteiger partial charge on any atom is -0.377 e. The van der Waals surface area contributed by atoms with E-state index in [0.29, 0.717) is 19.0 Å². The molecule has 2 rings (SSSR count). The van der Waals surface area contributed by atoms with Crippen LogP contribution in [0.25, 0.3) is 0 Å². The highest BCUT2D eigenvalue weighted by Gasteiger charge is 2.28. The van der Waals surface area contributed by atoms with E-state index in [2.05, 4.69) is 10.2 Å². The Bertz CT molecular complexity index is 504. The van der Waals surface area contributed by atoms with Crippen molar-refractivity contribution in [3.05, 3.63) is 5.82 Å². The lowest BCUT2D eigenvalue weighted by molar-refractivity contribution is 0.0304. The number of hydrogen-bond acceptors (Lipinski definition) is 5. The Morgan fingerprint density at radius 3 is 2.78 bits per heavy atom. The standard InChI is InChI=1S/C11H19N3O3S/c1-3-14-9(2)12-13-11(14)18(15,16)8-10-6-4-5-7-17-10/h10H,3-8H2,1-2H3/t10-/m0/s1. The first kappa shape index (κ1) is 13.5. The van der Waals surface area contributed by atoms with Crippen LogP contribution < -0.4 is 0 Å². The number of nitrogens with zero attached hydrogens (tertiary/aromatic N) is 3. The minimum atomic E-state index is -3.42. The van der Waals surface area contributed by atoms with Gasteiger partial charge < -0.3 is 9.30 Å². The molecule has 2 heterocycles. The van der Waals surface area contributed by atoms with Crippen molar-refractivity contribution >= 4 is 9.84 Å². The maximum atomic E-state index is 12.3. The van der Waals surface area contributed by atoms with E-state index in [9.17, 15) is 8.42 Å². The summed E-state index contributed by atoms with van der Waals surface area (Å²) in [6.45, 7) is 4.84. The fourth-order valence-electron chi connectivity index (χ4n) is 2.21. The van der Waals surface area contributed by atoms with Gasteiger partial charge in [0.15, 0.2) is 0 Å². The Morgan fingerprint density at radius 1 is 1.39 bits per heavy atom. The van der Waals surface area contributed by atoms with Gasteiger partial charge in [0.05, 0.1) is 11.9 Å². The van der Waals surface area contributed by atoms with Crippen LogP contribution in [0.2, 0.25) is 0 Å². The van der Waals surface area contributed by atoms with E-state index < -0.39 is 9.84 Å². The van der Waals surface area contributed by atoms with Crippen molar-refractivity contribution < 1.29 is 13.2 Å². The normalized spacial score (nSPS) is 21.1. The van der Waals surface area contributed by atoms with Crippen LogP contribution >= 0.6 is 0 Å². The lowest BCUT2D eigenvalue weighted by Gasteiger charge is -2.22. The highest BCUT2D eigenvalue weighted by atomic mass is 32.2.